The van der Waals surface area contributed by atoms with E-state index in [1.807, 2.05) is 6.92 Å². The van der Waals surface area contributed by atoms with Crippen LogP contribution < -0.4 is 14.9 Å². The topological polar surface area (TPSA) is 97.3 Å². The van der Waals surface area contributed by atoms with Gasteiger partial charge in [-0.15, -0.1) is 0 Å². The van der Waals surface area contributed by atoms with Crippen molar-refractivity contribution in [2.45, 2.75) is 19.9 Å². The molecule has 0 spiro atoms. The Morgan fingerprint density at radius 3 is 2.90 bits per heavy atom. The lowest BCUT2D eigenvalue weighted by atomic mass is 10.2. The Hall–Kier alpha value is -2.35. The number of hydrogen-bond acceptors (Lipinski definition) is 6. The molecule has 1 aromatic carbocycles. The molecule has 0 radical (unpaired) electrons. The van der Waals surface area contributed by atoms with E-state index in [0.29, 0.717) is 24.5 Å². The maximum absolute atomic E-state index is 11.3. The van der Waals surface area contributed by atoms with Crippen LogP contribution >= 0.6 is 11.3 Å². The van der Waals surface area contributed by atoms with E-state index in [-0.39, 0.29) is 16.3 Å². The van der Waals surface area contributed by atoms with Gasteiger partial charge in [-0.3, -0.25) is 14.9 Å². The number of para-hydroxylation sites is 1. The van der Waals surface area contributed by atoms with Crippen LogP contribution in [-0.2, 0) is 6.54 Å². The number of nitro groups is 1. The highest BCUT2D eigenvalue weighted by atomic mass is 32.1. The Bertz CT molecular complexity index is 680. The van der Waals surface area contributed by atoms with E-state index in [1.165, 1.54) is 0 Å². The first-order valence-electron chi connectivity index (χ1n) is 6.42. The molecule has 1 heterocycles. The summed E-state index contributed by atoms with van der Waals surface area (Å²) in [4.78, 5) is 24.3. The summed E-state index contributed by atoms with van der Waals surface area (Å²) in [5.41, 5.74) is 0.948. The van der Waals surface area contributed by atoms with E-state index < -0.39 is 4.92 Å². The van der Waals surface area contributed by atoms with Gasteiger partial charge in [0, 0.05) is 11.1 Å². The maximum atomic E-state index is 11.3. The van der Waals surface area contributed by atoms with Gasteiger partial charge in [0.05, 0.1) is 18.1 Å². The third kappa shape index (κ3) is 3.82. The quantitative estimate of drug-likeness (QED) is 0.605. The van der Waals surface area contributed by atoms with E-state index in [4.69, 9.17) is 4.74 Å². The standard InChI is InChI=1S/C13H15N3O4S/c1-2-6-20-11-5-3-4-10(12(11)16(18)19)14-7-9-8-21-13(17)15-9/h3-5,8,14H,2,6-7H2,1H3,(H,15,17). The van der Waals surface area contributed by atoms with Crippen LogP contribution in [-0.4, -0.2) is 16.5 Å². The van der Waals surface area contributed by atoms with E-state index >= 15 is 0 Å². The van der Waals surface area contributed by atoms with Gasteiger partial charge in [0.1, 0.15) is 5.69 Å². The van der Waals surface area contributed by atoms with Crippen LogP contribution in [0.15, 0.2) is 28.4 Å². The summed E-state index contributed by atoms with van der Waals surface area (Å²) in [6.45, 7) is 2.65. The highest BCUT2D eigenvalue weighted by Crippen LogP contribution is 2.35. The molecule has 112 valence electrons. The van der Waals surface area contributed by atoms with Crippen molar-refractivity contribution < 1.29 is 9.66 Å². The number of aromatic amines is 1. The molecule has 2 aromatic rings. The van der Waals surface area contributed by atoms with E-state index in [9.17, 15) is 14.9 Å². The van der Waals surface area contributed by atoms with Gasteiger partial charge in [0.15, 0.2) is 5.75 Å². The van der Waals surface area contributed by atoms with Crippen LogP contribution in [0.4, 0.5) is 11.4 Å². The number of anilines is 1. The molecule has 1 aromatic heterocycles. The number of benzene rings is 1. The van der Waals surface area contributed by atoms with Crippen LogP contribution in [0.1, 0.15) is 19.0 Å². The van der Waals surface area contributed by atoms with Crippen molar-refractivity contribution in [1.29, 1.82) is 0 Å². The van der Waals surface area contributed by atoms with Crippen LogP contribution in [0.5, 0.6) is 5.75 Å². The molecule has 2 rings (SSSR count). The lowest BCUT2D eigenvalue weighted by Gasteiger charge is -2.10. The third-order valence-corrected chi connectivity index (χ3v) is 3.40. The summed E-state index contributed by atoms with van der Waals surface area (Å²) in [6, 6.07) is 4.88. The van der Waals surface area contributed by atoms with Gasteiger partial charge in [0.2, 0.25) is 0 Å². The fourth-order valence-corrected chi connectivity index (χ4v) is 2.35. The Morgan fingerprint density at radius 2 is 2.29 bits per heavy atom. The van der Waals surface area contributed by atoms with Crippen molar-refractivity contribution in [2.24, 2.45) is 0 Å². The van der Waals surface area contributed by atoms with Crippen molar-refractivity contribution in [1.82, 2.24) is 4.98 Å². The molecule has 0 aliphatic rings. The van der Waals surface area contributed by atoms with Gasteiger partial charge < -0.3 is 15.0 Å². The number of aromatic nitrogens is 1. The number of H-pyrrole nitrogens is 1. The lowest BCUT2D eigenvalue weighted by molar-refractivity contribution is -0.385. The van der Waals surface area contributed by atoms with Crippen molar-refractivity contribution in [2.75, 3.05) is 11.9 Å². The molecule has 21 heavy (non-hydrogen) atoms. The molecular weight excluding hydrogens is 294 g/mol. The van der Waals surface area contributed by atoms with E-state index in [0.717, 1.165) is 17.8 Å². The van der Waals surface area contributed by atoms with E-state index in [1.54, 1.807) is 23.6 Å². The number of rotatable bonds is 7. The molecule has 0 fully saturated rings. The minimum absolute atomic E-state index is 0.0940. The number of nitrogens with one attached hydrogen (secondary N) is 2. The lowest BCUT2D eigenvalue weighted by Crippen LogP contribution is -2.06. The molecule has 2 N–H and O–H groups in total. The Kier molecular flexibility index (Phi) is 4.94. The number of thiazole rings is 1. The smallest absolute Gasteiger partial charge is 0.333 e. The van der Waals surface area contributed by atoms with Crippen LogP contribution in [0.2, 0.25) is 0 Å². The van der Waals surface area contributed by atoms with Crippen molar-refractivity contribution >= 4 is 22.7 Å². The van der Waals surface area contributed by atoms with Gasteiger partial charge in [-0.05, 0) is 18.6 Å². The first-order chi connectivity index (χ1) is 10.1. The minimum atomic E-state index is -0.469. The summed E-state index contributed by atoms with van der Waals surface area (Å²) >= 11 is 1.05. The zero-order valence-electron chi connectivity index (χ0n) is 11.4. The number of nitro benzene ring substituents is 1. The Morgan fingerprint density at radius 1 is 1.48 bits per heavy atom. The third-order valence-electron chi connectivity index (χ3n) is 2.68. The largest absolute Gasteiger partial charge is 0.487 e. The van der Waals surface area contributed by atoms with Gasteiger partial charge >= 0.3 is 10.6 Å². The van der Waals surface area contributed by atoms with Crippen LogP contribution in [0.3, 0.4) is 0 Å². The Labute approximate surface area is 124 Å². The normalized spacial score (nSPS) is 10.3. The first-order valence-corrected chi connectivity index (χ1v) is 7.30. The average Bonchev–Trinajstić information content (AvgIpc) is 2.88. The monoisotopic (exact) mass is 309 g/mol. The predicted molar refractivity (Wildman–Crippen MR) is 81.1 cm³/mol. The fourth-order valence-electron chi connectivity index (χ4n) is 1.77. The molecule has 0 atom stereocenters. The zero-order chi connectivity index (χ0) is 15.2. The zero-order valence-corrected chi connectivity index (χ0v) is 12.2. The second-order valence-electron chi connectivity index (χ2n) is 4.28. The second kappa shape index (κ2) is 6.89. The molecule has 0 aliphatic heterocycles. The minimum Gasteiger partial charge on any atom is -0.487 e. The second-order valence-corrected chi connectivity index (χ2v) is 5.13. The highest BCUT2D eigenvalue weighted by Gasteiger charge is 2.20. The maximum Gasteiger partial charge on any atom is 0.333 e. The number of ether oxygens (including phenoxy) is 1. The summed E-state index contributed by atoms with van der Waals surface area (Å²) in [5.74, 6) is 0.241. The van der Waals surface area contributed by atoms with Crippen molar-refractivity contribution in [3.63, 3.8) is 0 Å². The molecule has 0 amide bonds. The van der Waals surface area contributed by atoms with Gasteiger partial charge in [-0.1, -0.05) is 24.3 Å². The van der Waals surface area contributed by atoms with Crippen molar-refractivity contribution in [3.05, 3.63) is 49.1 Å². The summed E-state index contributed by atoms with van der Waals surface area (Å²) in [6.07, 6.45) is 0.769. The number of nitrogens with zero attached hydrogens (tertiary/aromatic N) is 1. The summed E-state index contributed by atoms with van der Waals surface area (Å²) in [5, 5.41) is 15.9. The summed E-state index contributed by atoms with van der Waals surface area (Å²) < 4.78 is 5.41. The average molecular weight is 309 g/mol. The summed E-state index contributed by atoms with van der Waals surface area (Å²) in [7, 11) is 0. The Balaban J connectivity index is 2.21. The molecule has 0 aliphatic carbocycles. The van der Waals surface area contributed by atoms with Crippen molar-refractivity contribution in [3.8, 4) is 5.75 Å². The molecule has 7 nitrogen and oxygen atoms in total. The molecule has 0 saturated carbocycles. The van der Waals surface area contributed by atoms with Gasteiger partial charge in [0.25, 0.3) is 0 Å². The molecule has 0 unspecified atom stereocenters. The van der Waals surface area contributed by atoms with Crippen LogP contribution in [0, 0.1) is 10.1 Å². The van der Waals surface area contributed by atoms with Gasteiger partial charge in [-0.2, -0.15) is 0 Å². The molecule has 0 saturated heterocycles. The highest BCUT2D eigenvalue weighted by molar-refractivity contribution is 7.07. The molecular formula is C13H15N3O4S. The fraction of sp³-hybridized carbons (Fsp3) is 0.308. The molecule has 0 bridgehead atoms. The predicted octanol–water partition coefficient (Wildman–Crippen LogP) is 2.75. The first kappa shape index (κ1) is 15.0. The van der Waals surface area contributed by atoms with E-state index in [2.05, 4.69) is 10.3 Å². The van der Waals surface area contributed by atoms with Gasteiger partial charge in [-0.25, -0.2) is 0 Å². The molecule has 8 heteroatoms. The SMILES string of the molecule is CCCOc1cccc(NCc2csc(=O)[nH]2)c1[N+](=O)[O-]. The number of hydrogen-bond donors (Lipinski definition) is 2. The van der Waals surface area contributed by atoms with Crippen LogP contribution in [0.25, 0.3) is 0 Å².